The molecular weight excluding hydrogens is 369 g/mol. The Bertz CT molecular complexity index is 683. The van der Waals surface area contributed by atoms with Crippen LogP contribution in [0, 0.1) is 0 Å². The van der Waals surface area contributed by atoms with Gasteiger partial charge in [-0.3, -0.25) is 0 Å². The molecule has 19 heavy (non-hydrogen) atoms. The highest BCUT2D eigenvalue weighted by atomic mass is 79.9. The van der Waals surface area contributed by atoms with Crippen molar-refractivity contribution in [3.63, 3.8) is 0 Å². The molecule has 1 heterocycles. The zero-order valence-electron chi connectivity index (χ0n) is 9.53. The maximum atomic E-state index is 9.12. The Hall–Kier alpha value is -0.550. The fourth-order valence-electron chi connectivity index (χ4n) is 2.37. The third-order valence-corrected chi connectivity index (χ3v) is 5.67. The molecular formula is C13H8BrCl2NOS. The van der Waals surface area contributed by atoms with E-state index in [0.717, 1.165) is 19.9 Å². The molecule has 3 rings (SSSR count). The van der Waals surface area contributed by atoms with Gasteiger partial charge in [-0.15, -0.1) is 11.3 Å². The Labute approximate surface area is 132 Å². The second-order valence-electron chi connectivity index (χ2n) is 4.31. The summed E-state index contributed by atoms with van der Waals surface area (Å²) in [6.07, 6.45) is 0.683. The van der Waals surface area contributed by atoms with Gasteiger partial charge in [-0.2, -0.15) is 0 Å². The lowest BCUT2D eigenvalue weighted by molar-refractivity contribution is 0.318. The monoisotopic (exact) mass is 375 g/mol. The molecule has 1 aromatic carbocycles. The third-order valence-electron chi connectivity index (χ3n) is 3.23. The van der Waals surface area contributed by atoms with Crippen molar-refractivity contribution < 1.29 is 5.21 Å². The molecule has 1 aliphatic carbocycles. The summed E-state index contributed by atoms with van der Waals surface area (Å²) in [6.45, 7) is 0. The van der Waals surface area contributed by atoms with Crippen LogP contribution in [0.15, 0.2) is 33.2 Å². The largest absolute Gasteiger partial charge is 0.411 e. The van der Waals surface area contributed by atoms with Gasteiger partial charge in [0, 0.05) is 12.3 Å². The van der Waals surface area contributed by atoms with Gasteiger partial charge in [-0.1, -0.05) is 34.4 Å². The van der Waals surface area contributed by atoms with E-state index in [1.54, 1.807) is 17.4 Å². The van der Waals surface area contributed by atoms with Crippen molar-refractivity contribution >= 4 is 56.2 Å². The molecule has 1 aromatic heterocycles. The first-order valence-corrected chi connectivity index (χ1v) is 7.92. The molecule has 0 amide bonds. The van der Waals surface area contributed by atoms with Crippen molar-refractivity contribution in [2.75, 3.05) is 0 Å². The van der Waals surface area contributed by atoms with E-state index in [2.05, 4.69) is 27.2 Å². The minimum absolute atomic E-state index is 0.165. The molecule has 1 N–H and O–H groups in total. The first-order chi connectivity index (χ1) is 9.10. The molecule has 2 nitrogen and oxygen atoms in total. The van der Waals surface area contributed by atoms with E-state index in [1.165, 1.54) is 5.56 Å². The molecule has 0 aliphatic heterocycles. The highest BCUT2D eigenvalue weighted by Gasteiger charge is 2.32. The van der Waals surface area contributed by atoms with Gasteiger partial charge in [0.25, 0.3) is 0 Å². The van der Waals surface area contributed by atoms with Crippen molar-refractivity contribution in [2.45, 2.75) is 12.3 Å². The van der Waals surface area contributed by atoms with Crippen molar-refractivity contribution in [1.29, 1.82) is 0 Å². The van der Waals surface area contributed by atoms with Crippen LogP contribution in [0.1, 0.15) is 28.3 Å². The number of fused-ring (bicyclic) bond motifs is 1. The van der Waals surface area contributed by atoms with Gasteiger partial charge < -0.3 is 5.21 Å². The smallest absolute Gasteiger partial charge is 0.0980 e. The van der Waals surface area contributed by atoms with E-state index in [0.29, 0.717) is 16.5 Å². The zero-order chi connectivity index (χ0) is 13.6. The maximum absolute atomic E-state index is 9.12. The summed E-state index contributed by atoms with van der Waals surface area (Å²) in [7, 11) is 0. The molecule has 0 bridgehead atoms. The lowest BCUT2D eigenvalue weighted by Crippen LogP contribution is -1.98. The summed E-state index contributed by atoms with van der Waals surface area (Å²) >= 11 is 17.1. The van der Waals surface area contributed by atoms with E-state index in [9.17, 15) is 0 Å². The van der Waals surface area contributed by atoms with Gasteiger partial charge in [-0.05, 0) is 45.3 Å². The first kappa shape index (κ1) is 13.4. The summed E-state index contributed by atoms with van der Waals surface area (Å²) < 4.78 is 1.03. The van der Waals surface area contributed by atoms with Crippen LogP contribution in [0.25, 0.3) is 0 Å². The highest BCUT2D eigenvalue weighted by molar-refractivity contribution is 9.11. The maximum Gasteiger partial charge on any atom is 0.0980 e. The standard InChI is InChI=1S/C13H8BrCl2NOS/c14-12-5-8-7(4-11(17-18)13(8)19-12)6-1-2-9(15)10(16)3-6/h1-3,5,7,18H,4H2/b17-11-. The normalized spacial score (nSPS) is 19.9. The van der Waals surface area contributed by atoms with Gasteiger partial charge in [0.05, 0.1) is 24.4 Å². The molecule has 6 heteroatoms. The Kier molecular flexibility index (Phi) is 3.60. The molecule has 0 saturated heterocycles. The average molecular weight is 377 g/mol. The second kappa shape index (κ2) is 5.09. The third kappa shape index (κ3) is 2.31. The highest BCUT2D eigenvalue weighted by Crippen LogP contribution is 2.45. The number of halogens is 3. The fourth-order valence-corrected chi connectivity index (χ4v) is 4.35. The fraction of sp³-hybridized carbons (Fsp3) is 0.154. The van der Waals surface area contributed by atoms with Crippen molar-refractivity contribution in [3.05, 3.63) is 54.1 Å². The molecule has 2 aromatic rings. The van der Waals surface area contributed by atoms with Crippen LogP contribution < -0.4 is 0 Å². The predicted molar refractivity (Wildman–Crippen MR) is 83.3 cm³/mol. The van der Waals surface area contributed by atoms with Crippen LogP contribution in [-0.4, -0.2) is 10.9 Å². The molecule has 1 unspecified atom stereocenters. The molecule has 1 aliphatic rings. The predicted octanol–water partition coefficient (Wildman–Crippen LogP) is 5.53. The topological polar surface area (TPSA) is 32.6 Å². The van der Waals surface area contributed by atoms with Crippen LogP contribution in [-0.2, 0) is 0 Å². The van der Waals surface area contributed by atoms with E-state index < -0.39 is 0 Å². The number of hydrogen-bond donors (Lipinski definition) is 1. The number of nitrogens with zero attached hydrogens (tertiary/aromatic N) is 1. The van der Waals surface area contributed by atoms with Crippen LogP contribution in [0.2, 0.25) is 10.0 Å². The van der Waals surface area contributed by atoms with Gasteiger partial charge >= 0.3 is 0 Å². The second-order valence-corrected chi connectivity index (χ2v) is 7.56. The number of hydrogen-bond acceptors (Lipinski definition) is 3. The van der Waals surface area contributed by atoms with Gasteiger partial charge in [-0.25, -0.2) is 0 Å². The molecule has 0 radical (unpaired) electrons. The molecule has 0 fully saturated rings. The summed E-state index contributed by atoms with van der Waals surface area (Å²) in [4.78, 5) is 1.03. The van der Waals surface area contributed by atoms with Crippen molar-refractivity contribution in [3.8, 4) is 0 Å². The Morgan fingerprint density at radius 2 is 2.05 bits per heavy atom. The van der Waals surface area contributed by atoms with E-state index in [4.69, 9.17) is 28.4 Å². The van der Waals surface area contributed by atoms with Gasteiger partial charge in [0.15, 0.2) is 0 Å². The summed E-state index contributed by atoms with van der Waals surface area (Å²) in [5, 5.41) is 13.6. The summed E-state index contributed by atoms with van der Waals surface area (Å²) in [5.41, 5.74) is 2.98. The molecule has 0 saturated carbocycles. The lowest BCUT2D eigenvalue weighted by Gasteiger charge is -2.11. The van der Waals surface area contributed by atoms with Crippen molar-refractivity contribution in [2.24, 2.45) is 5.16 Å². The lowest BCUT2D eigenvalue weighted by atomic mass is 9.94. The van der Waals surface area contributed by atoms with Crippen LogP contribution in [0.3, 0.4) is 0 Å². The number of benzene rings is 1. The quantitative estimate of drug-likeness (QED) is 0.514. The van der Waals surface area contributed by atoms with Crippen LogP contribution in [0.5, 0.6) is 0 Å². The van der Waals surface area contributed by atoms with Crippen molar-refractivity contribution in [1.82, 2.24) is 0 Å². The zero-order valence-corrected chi connectivity index (χ0v) is 13.4. The number of oxime groups is 1. The van der Waals surface area contributed by atoms with E-state index >= 15 is 0 Å². The Morgan fingerprint density at radius 3 is 2.74 bits per heavy atom. The van der Waals surface area contributed by atoms with E-state index in [-0.39, 0.29) is 5.92 Å². The van der Waals surface area contributed by atoms with Gasteiger partial charge in [0.2, 0.25) is 0 Å². The van der Waals surface area contributed by atoms with E-state index in [1.807, 2.05) is 12.1 Å². The SMILES string of the molecule is O/N=C1/CC(c2ccc(Cl)c(Cl)c2)c2cc(Br)sc21. The number of thiophene rings is 1. The van der Waals surface area contributed by atoms with Gasteiger partial charge in [0.1, 0.15) is 0 Å². The number of rotatable bonds is 1. The summed E-state index contributed by atoms with van der Waals surface area (Å²) in [5.74, 6) is 0.165. The minimum atomic E-state index is 0.165. The van der Waals surface area contributed by atoms with Crippen LogP contribution >= 0.6 is 50.5 Å². The Morgan fingerprint density at radius 1 is 1.26 bits per heavy atom. The molecule has 98 valence electrons. The first-order valence-electron chi connectivity index (χ1n) is 5.55. The van der Waals surface area contributed by atoms with Crippen LogP contribution in [0.4, 0.5) is 0 Å². The molecule has 0 spiro atoms. The minimum Gasteiger partial charge on any atom is -0.411 e. The summed E-state index contributed by atoms with van der Waals surface area (Å²) in [6, 6.07) is 7.72. The molecule has 1 atom stereocenters. The average Bonchev–Trinajstić information content (AvgIpc) is 2.90. The Balaban J connectivity index is 2.09.